The minimum atomic E-state index is -0.0913. The first-order valence-electron chi connectivity index (χ1n) is 9.53. The lowest BCUT2D eigenvalue weighted by Crippen LogP contribution is -2.22. The molecule has 0 aliphatic rings. The van der Waals surface area contributed by atoms with Crippen molar-refractivity contribution in [3.05, 3.63) is 94.0 Å². The molecule has 1 N–H and O–H groups in total. The molecular weight excluding hydrogens is 402 g/mol. The van der Waals surface area contributed by atoms with Gasteiger partial charge in [-0.2, -0.15) is 0 Å². The summed E-state index contributed by atoms with van der Waals surface area (Å²) in [6.07, 6.45) is 0. The van der Waals surface area contributed by atoms with Crippen LogP contribution in [0.5, 0.6) is 5.75 Å². The number of thioether (sulfide) groups is 1. The number of carbonyl (C=O) groups is 1. The lowest BCUT2D eigenvalue weighted by molar-refractivity contribution is 0.0951. The van der Waals surface area contributed by atoms with Crippen LogP contribution in [-0.2, 0) is 12.3 Å². The normalized spacial score (nSPS) is 10.6. The molecule has 3 aromatic rings. The molecule has 150 valence electrons. The van der Waals surface area contributed by atoms with Crippen LogP contribution in [0.25, 0.3) is 0 Å². The summed E-state index contributed by atoms with van der Waals surface area (Å²) in [7, 11) is 0. The molecule has 0 saturated heterocycles. The number of halogens is 1. The number of aryl methyl sites for hydroxylation is 1. The highest BCUT2D eigenvalue weighted by atomic mass is 35.5. The Bertz CT molecular complexity index is 956. The molecule has 0 bridgehead atoms. The zero-order chi connectivity index (χ0) is 20.6. The summed E-state index contributed by atoms with van der Waals surface area (Å²) in [5.74, 6) is 1.42. The quantitative estimate of drug-likeness (QED) is 0.432. The maximum Gasteiger partial charge on any atom is 0.251 e. The lowest BCUT2D eigenvalue weighted by Gasteiger charge is -2.13. The molecule has 3 rings (SSSR count). The molecule has 0 spiro atoms. The monoisotopic (exact) mass is 425 g/mol. The Morgan fingerprint density at radius 2 is 1.76 bits per heavy atom. The van der Waals surface area contributed by atoms with Crippen LogP contribution in [0.2, 0.25) is 5.02 Å². The van der Waals surface area contributed by atoms with Crippen LogP contribution in [-0.4, -0.2) is 12.5 Å². The van der Waals surface area contributed by atoms with Crippen molar-refractivity contribution in [3.63, 3.8) is 0 Å². The number of amides is 1. The van der Waals surface area contributed by atoms with Crippen molar-refractivity contribution >= 4 is 29.3 Å². The van der Waals surface area contributed by atoms with Crippen molar-refractivity contribution in [2.45, 2.75) is 31.0 Å². The van der Waals surface area contributed by atoms with Crippen molar-refractivity contribution in [1.82, 2.24) is 5.32 Å². The molecule has 0 heterocycles. The fraction of sp³-hybridized carbons (Fsp3) is 0.208. The van der Waals surface area contributed by atoms with Crippen LogP contribution in [0.15, 0.2) is 71.6 Å². The second kappa shape index (κ2) is 10.4. The van der Waals surface area contributed by atoms with Gasteiger partial charge in [0, 0.05) is 33.3 Å². The lowest BCUT2D eigenvalue weighted by atomic mass is 10.1. The molecule has 29 heavy (non-hydrogen) atoms. The van der Waals surface area contributed by atoms with Gasteiger partial charge < -0.3 is 10.1 Å². The molecule has 0 saturated carbocycles. The highest BCUT2D eigenvalue weighted by Gasteiger charge is 2.11. The summed E-state index contributed by atoms with van der Waals surface area (Å²) in [6, 6.07) is 21.5. The molecule has 0 aromatic heterocycles. The number of hydrogen-bond donors (Lipinski definition) is 1. The van der Waals surface area contributed by atoms with E-state index in [4.69, 9.17) is 16.3 Å². The summed E-state index contributed by atoms with van der Waals surface area (Å²) in [6.45, 7) is 5.09. The van der Waals surface area contributed by atoms with Crippen molar-refractivity contribution in [2.75, 3.05) is 6.61 Å². The highest BCUT2D eigenvalue weighted by Crippen LogP contribution is 2.29. The molecule has 0 fully saturated rings. The Labute approximate surface area is 181 Å². The number of nitrogens with one attached hydrogen (secondary N) is 1. The molecule has 0 aliphatic heterocycles. The van der Waals surface area contributed by atoms with E-state index < -0.39 is 0 Å². The summed E-state index contributed by atoms with van der Waals surface area (Å²) in [5, 5.41) is 3.71. The van der Waals surface area contributed by atoms with Crippen LogP contribution in [0.1, 0.15) is 34.0 Å². The van der Waals surface area contributed by atoms with Gasteiger partial charge in [0.15, 0.2) is 0 Å². The standard InChI is InChI=1S/C24H24ClNO2S/c1-3-28-23-13-8-19(24(27)26-15-18-6-4-17(2)5-7-18)14-20(23)16-29-22-11-9-21(25)10-12-22/h4-14H,3,15-16H2,1-2H3,(H,26,27). The number of ether oxygens (including phenoxy) is 1. The number of hydrogen-bond acceptors (Lipinski definition) is 3. The first kappa shape index (κ1) is 21.3. The van der Waals surface area contributed by atoms with E-state index in [-0.39, 0.29) is 5.91 Å². The van der Waals surface area contributed by atoms with E-state index in [1.165, 1.54) is 5.56 Å². The molecule has 0 aliphatic carbocycles. The molecule has 5 heteroatoms. The van der Waals surface area contributed by atoms with E-state index >= 15 is 0 Å². The summed E-state index contributed by atoms with van der Waals surface area (Å²) >= 11 is 7.64. The highest BCUT2D eigenvalue weighted by molar-refractivity contribution is 7.98. The van der Waals surface area contributed by atoms with Crippen LogP contribution in [0.4, 0.5) is 0 Å². The first-order chi connectivity index (χ1) is 14.0. The zero-order valence-electron chi connectivity index (χ0n) is 16.6. The van der Waals surface area contributed by atoms with Gasteiger partial charge >= 0.3 is 0 Å². The van der Waals surface area contributed by atoms with Crippen LogP contribution >= 0.6 is 23.4 Å². The molecule has 0 radical (unpaired) electrons. The number of carbonyl (C=O) groups excluding carboxylic acids is 1. The van der Waals surface area contributed by atoms with E-state index in [1.54, 1.807) is 11.8 Å². The van der Waals surface area contributed by atoms with Gasteiger partial charge in [0.1, 0.15) is 5.75 Å². The van der Waals surface area contributed by atoms with Gasteiger partial charge in [-0.1, -0.05) is 41.4 Å². The minimum absolute atomic E-state index is 0.0913. The fourth-order valence-electron chi connectivity index (χ4n) is 2.81. The second-order valence-electron chi connectivity index (χ2n) is 6.67. The Morgan fingerprint density at radius 1 is 1.03 bits per heavy atom. The van der Waals surface area contributed by atoms with Gasteiger partial charge in [0.25, 0.3) is 5.91 Å². The SMILES string of the molecule is CCOc1ccc(C(=O)NCc2ccc(C)cc2)cc1CSc1ccc(Cl)cc1. The van der Waals surface area contributed by atoms with Gasteiger partial charge in [-0.3, -0.25) is 4.79 Å². The Balaban J connectivity index is 1.69. The van der Waals surface area contributed by atoms with Crippen LogP contribution in [0.3, 0.4) is 0 Å². The minimum Gasteiger partial charge on any atom is -0.494 e. The van der Waals surface area contributed by atoms with Gasteiger partial charge in [-0.25, -0.2) is 0 Å². The Morgan fingerprint density at radius 3 is 2.45 bits per heavy atom. The van der Waals surface area contributed by atoms with Gasteiger partial charge in [-0.15, -0.1) is 11.8 Å². The number of rotatable bonds is 8. The van der Waals surface area contributed by atoms with Crippen LogP contribution < -0.4 is 10.1 Å². The molecular formula is C24H24ClNO2S. The third-order valence-corrected chi connectivity index (χ3v) is 5.72. The second-order valence-corrected chi connectivity index (χ2v) is 8.15. The first-order valence-corrected chi connectivity index (χ1v) is 10.9. The molecule has 3 nitrogen and oxygen atoms in total. The topological polar surface area (TPSA) is 38.3 Å². The Kier molecular flexibility index (Phi) is 7.62. The van der Waals surface area contributed by atoms with Gasteiger partial charge in [0.05, 0.1) is 6.61 Å². The van der Waals surface area contributed by atoms with E-state index in [9.17, 15) is 4.79 Å². The van der Waals surface area contributed by atoms with Gasteiger partial charge in [0.2, 0.25) is 0 Å². The zero-order valence-corrected chi connectivity index (χ0v) is 18.1. The third-order valence-electron chi connectivity index (χ3n) is 4.40. The molecule has 0 unspecified atom stereocenters. The summed E-state index contributed by atoms with van der Waals surface area (Å²) in [4.78, 5) is 13.8. The number of benzene rings is 3. The molecule has 1 amide bonds. The maximum absolute atomic E-state index is 12.6. The summed E-state index contributed by atoms with van der Waals surface area (Å²) < 4.78 is 5.75. The van der Waals surface area contributed by atoms with Crippen LogP contribution in [0, 0.1) is 6.92 Å². The van der Waals surface area contributed by atoms with E-state index in [1.807, 2.05) is 80.6 Å². The van der Waals surface area contributed by atoms with Gasteiger partial charge in [-0.05, 0) is 61.9 Å². The average molecular weight is 426 g/mol. The van der Waals surface area contributed by atoms with Crippen molar-refractivity contribution in [3.8, 4) is 5.75 Å². The predicted molar refractivity (Wildman–Crippen MR) is 121 cm³/mol. The molecule has 0 atom stereocenters. The van der Waals surface area contributed by atoms with Crippen molar-refractivity contribution < 1.29 is 9.53 Å². The van der Waals surface area contributed by atoms with E-state index in [0.717, 1.165) is 26.8 Å². The van der Waals surface area contributed by atoms with Crippen molar-refractivity contribution in [1.29, 1.82) is 0 Å². The smallest absolute Gasteiger partial charge is 0.251 e. The van der Waals surface area contributed by atoms with E-state index in [2.05, 4.69) is 5.32 Å². The van der Waals surface area contributed by atoms with E-state index in [0.29, 0.717) is 24.5 Å². The fourth-order valence-corrected chi connectivity index (χ4v) is 3.81. The average Bonchev–Trinajstić information content (AvgIpc) is 2.73. The Hall–Kier alpha value is -2.43. The largest absolute Gasteiger partial charge is 0.494 e. The third kappa shape index (κ3) is 6.28. The predicted octanol–water partition coefficient (Wildman–Crippen LogP) is 6.27. The maximum atomic E-state index is 12.6. The van der Waals surface area contributed by atoms with Crippen molar-refractivity contribution in [2.24, 2.45) is 0 Å². The molecule has 3 aromatic carbocycles. The summed E-state index contributed by atoms with van der Waals surface area (Å²) in [5.41, 5.74) is 3.91.